The lowest BCUT2D eigenvalue weighted by molar-refractivity contribution is 0.0944. The van der Waals surface area contributed by atoms with E-state index in [0.29, 0.717) is 12.0 Å². The van der Waals surface area contributed by atoms with Crippen molar-refractivity contribution in [2.45, 2.75) is 18.4 Å². The van der Waals surface area contributed by atoms with E-state index >= 15 is 0 Å². The van der Waals surface area contributed by atoms with Crippen molar-refractivity contribution in [1.29, 1.82) is 0 Å². The Morgan fingerprint density at radius 2 is 2.17 bits per heavy atom. The Balaban J connectivity index is 2.21. The van der Waals surface area contributed by atoms with Crippen LogP contribution in [0.5, 0.6) is 0 Å². The zero-order chi connectivity index (χ0) is 8.13. The van der Waals surface area contributed by atoms with E-state index in [1.807, 2.05) is 18.2 Å². The molecule has 1 amide bonds. The van der Waals surface area contributed by atoms with Crippen LogP contribution in [0.1, 0.15) is 28.3 Å². The summed E-state index contributed by atoms with van der Waals surface area (Å²) in [7, 11) is 0. The molecule has 1 aromatic carbocycles. The van der Waals surface area contributed by atoms with Crippen LogP contribution in [0.4, 0.5) is 0 Å². The van der Waals surface area contributed by atoms with Gasteiger partial charge in [0.2, 0.25) is 0 Å². The molecule has 1 aromatic rings. The lowest BCUT2D eigenvalue weighted by atomic mass is 10.00. The Hall–Kier alpha value is -1.31. The van der Waals surface area contributed by atoms with Crippen LogP contribution in [0, 0.1) is 0 Å². The molecule has 1 heterocycles. The predicted molar refractivity (Wildman–Crippen MR) is 45.1 cm³/mol. The van der Waals surface area contributed by atoms with Gasteiger partial charge in [-0.3, -0.25) is 4.79 Å². The number of benzene rings is 1. The summed E-state index contributed by atoms with van der Waals surface area (Å²) in [4.78, 5) is 11.4. The monoisotopic (exact) mass is 159 g/mol. The van der Waals surface area contributed by atoms with Crippen LogP contribution in [-0.4, -0.2) is 11.9 Å². The summed E-state index contributed by atoms with van der Waals surface area (Å²) >= 11 is 0. The maximum Gasteiger partial charge on any atom is 0.251 e. The third kappa shape index (κ3) is 0.670. The van der Waals surface area contributed by atoms with Crippen molar-refractivity contribution in [3.63, 3.8) is 0 Å². The van der Waals surface area contributed by atoms with Crippen LogP contribution >= 0.6 is 0 Å². The second-order valence-electron chi connectivity index (χ2n) is 3.51. The summed E-state index contributed by atoms with van der Waals surface area (Å²) in [5, 5.41) is 2.97. The van der Waals surface area contributed by atoms with E-state index in [0.717, 1.165) is 12.0 Å². The summed E-state index contributed by atoms with van der Waals surface area (Å²) in [6, 6.07) is 8.33. The SMILES string of the molecule is O=C1N[C@H]2CC2c2ccccc21. The zero-order valence-corrected chi connectivity index (χ0v) is 6.58. The molecule has 1 saturated carbocycles. The standard InChI is InChI=1S/C10H9NO/c12-10-7-4-2-1-3-6(7)8-5-9(8)11-10/h1-4,8-9H,5H2,(H,11,12)/t8?,9-/m0/s1. The molecule has 1 aliphatic carbocycles. The molecule has 0 aromatic heterocycles. The van der Waals surface area contributed by atoms with Crippen LogP contribution in [-0.2, 0) is 0 Å². The number of carbonyl (C=O) groups is 1. The van der Waals surface area contributed by atoms with Crippen molar-refractivity contribution in [3.05, 3.63) is 35.4 Å². The number of hydrogen-bond donors (Lipinski definition) is 1. The molecule has 2 atom stereocenters. The van der Waals surface area contributed by atoms with E-state index in [9.17, 15) is 4.79 Å². The highest BCUT2D eigenvalue weighted by Gasteiger charge is 2.44. The number of carbonyl (C=O) groups excluding carboxylic acids is 1. The number of rotatable bonds is 0. The van der Waals surface area contributed by atoms with E-state index in [1.54, 1.807) is 0 Å². The number of nitrogens with one attached hydrogen (secondary N) is 1. The van der Waals surface area contributed by atoms with Crippen LogP contribution in [0.3, 0.4) is 0 Å². The topological polar surface area (TPSA) is 29.1 Å². The van der Waals surface area contributed by atoms with Gasteiger partial charge in [-0.25, -0.2) is 0 Å². The summed E-state index contributed by atoms with van der Waals surface area (Å²) in [6.45, 7) is 0. The van der Waals surface area contributed by atoms with E-state index in [4.69, 9.17) is 0 Å². The molecule has 60 valence electrons. The van der Waals surface area contributed by atoms with Gasteiger partial charge in [-0.05, 0) is 18.1 Å². The number of amides is 1. The van der Waals surface area contributed by atoms with Gasteiger partial charge in [0.1, 0.15) is 0 Å². The second-order valence-corrected chi connectivity index (χ2v) is 3.51. The molecule has 2 heteroatoms. The first-order valence-electron chi connectivity index (χ1n) is 4.26. The van der Waals surface area contributed by atoms with Gasteiger partial charge in [0.05, 0.1) is 0 Å². The van der Waals surface area contributed by atoms with Gasteiger partial charge >= 0.3 is 0 Å². The van der Waals surface area contributed by atoms with E-state index in [2.05, 4.69) is 11.4 Å². The van der Waals surface area contributed by atoms with Crippen molar-refractivity contribution in [2.24, 2.45) is 0 Å². The Kier molecular flexibility index (Phi) is 0.980. The fourth-order valence-electron chi connectivity index (χ4n) is 1.97. The molecule has 1 N–H and O–H groups in total. The largest absolute Gasteiger partial charge is 0.349 e. The highest BCUT2D eigenvalue weighted by atomic mass is 16.1. The maximum absolute atomic E-state index is 11.4. The minimum atomic E-state index is 0.101. The quantitative estimate of drug-likeness (QED) is 0.607. The highest BCUT2D eigenvalue weighted by molar-refractivity contribution is 5.98. The lowest BCUT2D eigenvalue weighted by Gasteiger charge is -2.14. The molecule has 0 saturated heterocycles. The third-order valence-electron chi connectivity index (χ3n) is 2.71. The van der Waals surface area contributed by atoms with E-state index in [1.165, 1.54) is 5.56 Å². The van der Waals surface area contributed by atoms with Crippen molar-refractivity contribution in [3.8, 4) is 0 Å². The molecule has 0 radical (unpaired) electrons. The van der Waals surface area contributed by atoms with Gasteiger partial charge in [0, 0.05) is 17.5 Å². The fraction of sp³-hybridized carbons (Fsp3) is 0.300. The smallest absolute Gasteiger partial charge is 0.251 e. The Morgan fingerprint density at radius 3 is 3.08 bits per heavy atom. The van der Waals surface area contributed by atoms with Gasteiger partial charge < -0.3 is 5.32 Å². The first-order chi connectivity index (χ1) is 5.86. The maximum atomic E-state index is 11.4. The number of fused-ring (bicyclic) bond motifs is 3. The average Bonchev–Trinajstić information content (AvgIpc) is 2.84. The van der Waals surface area contributed by atoms with Crippen molar-refractivity contribution < 1.29 is 4.79 Å². The van der Waals surface area contributed by atoms with Crippen molar-refractivity contribution in [2.75, 3.05) is 0 Å². The molecule has 1 aliphatic heterocycles. The molecular formula is C10H9NO. The van der Waals surface area contributed by atoms with E-state index in [-0.39, 0.29) is 5.91 Å². The first kappa shape index (κ1) is 6.23. The molecule has 2 nitrogen and oxygen atoms in total. The van der Waals surface area contributed by atoms with Gasteiger partial charge in [-0.2, -0.15) is 0 Å². The molecule has 2 aliphatic rings. The predicted octanol–water partition coefficient (Wildman–Crippen LogP) is 1.29. The summed E-state index contributed by atoms with van der Waals surface area (Å²) in [5.41, 5.74) is 2.11. The minimum absolute atomic E-state index is 0.101. The minimum Gasteiger partial charge on any atom is -0.349 e. The van der Waals surface area contributed by atoms with Crippen LogP contribution in [0.15, 0.2) is 24.3 Å². The van der Waals surface area contributed by atoms with Crippen LogP contribution < -0.4 is 5.32 Å². The lowest BCUT2D eigenvalue weighted by Crippen LogP contribution is -2.31. The number of hydrogen-bond acceptors (Lipinski definition) is 1. The van der Waals surface area contributed by atoms with E-state index < -0.39 is 0 Å². The summed E-state index contributed by atoms with van der Waals surface area (Å²) in [5.74, 6) is 0.711. The first-order valence-corrected chi connectivity index (χ1v) is 4.26. The molecular weight excluding hydrogens is 150 g/mol. The molecule has 0 bridgehead atoms. The van der Waals surface area contributed by atoms with Crippen molar-refractivity contribution >= 4 is 5.91 Å². The van der Waals surface area contributed by atoms with Crippen LogP contribution in [0.25, 0.3) is 0 Å². The normalized spacial score (nSPS) is 30.2. The van der Waals surface area contributed by atoms with Gasteiger partial charge in [-0.15, -0.1) is 0 Å². The van der Waals surface area contributed by atoms with Crippen molar-refractivity contribution in [1.82, 2.24) is 5.32 Å². The Labute approximate surface area is 70.6 Å². The molecule has 0 spiro atoms. The second kappa shape index (κ2) is 1.89. The highest BCUT2D eigenvalue weighted by Crippen LogP contribution is 2.44. The van der Waals surface area contributed by atoms with Gasteiger partial charge in [0.15, 0.2) is 0 Å². The van der Waals surface area contributed by atoms with Gasteiger partial charge in [0.25, 0.3) is 5.91 Å². The Bertz CT molecular complexity index is 359. The Morgan fingerprint density at radius 1 is 1.33 bits per heavy atom. The molecule has 1 fully saturated rings. The zero-order valence-electron chi connectivity index (χ0n) is 6.58. The molecule has 3 rings (SSSR count). The molecule has 1 unspecified atom stereocenters. The fourth-order valence-corrected chi connectivity index (χ4v) is 1.97. The summed E-state index contributed by atoms with van der Waals surface area (Å²) < 4.78 is 0. The van der Waals surface area contributed by atoms with Gasteiger partial charge in [-0.1, -0.05) is 18.2 Å². The van der Waals surface area contributed by atoms with Crippen LogP contribution in [0.2, 0.25) is 0 Å². The summed E-state index contributed by atoms with van der Waals surface area (Å²) in [6.07, 6.45) is 1.13. The molecule has 12 heavy (non-hydrogen) atoms. The average molecular weight is 159 g/mol. The third-order valence-corrected chi connectivity index (χ3v) is 2.71.